The average molecular weight is 455 g/mol. The summed E-state index contributed by atoms with van der Waals surface area (Å²) < 4.78 is 4.99. The van der Waals surface area contributed by atoms with Gasteiger partial charge in [0.1, 0.15) is 0 Å². The van der Waals surface area contributed by atoms with Crippen molar-refractivity contribution in [3.05, 3.63) is 71.8 Å². The molecule has 0 radical (unpaired) electrons. The molecule has 0 aliphatic carbocycles. The summed E-state index contributed by atoms with van der Waals surface area (Å²) in [5.41, 5.74) is 1.20. The van der Waals surface area contributed by atoms with E-state index >= 15 is 0 Å². The monoisotopic (exact) mass is 454 g/mol. The third-order valence-electron chi connectivity index (χ3n) is 5.43. The topological polar surface area (TPSA) is 84.5 Å². The number of rotatable bonds is 10. The quantitative estimate of drug-likeness (QED) is 0.421. The van der Waals surface area contributed by atoms with Gasteiger partial charge in [-0.1, -0.05) is 42.8 Å². The number of benzene rings is 2. The molecule has 0 spiro atoms. The molecule has 0 aromatic heterocycles. The van der Waals surface area contributed by atoms with Gasteiger partial charge in [0.05, 0.1) is 18.7 Å². The third kappa shape index (κ3) is 6.85. The first-order chi connectivity index (χ1) is 15.6. The van der Waals surface area contributed by atoms with Crippen LogP contribution < -0.4 is 10.6 Å². The Morgan fingerprint density at radius 3 is 2.09 bits per heavy atom. The lowest BCUT2D eigenvalue weighted by atomic mass is 10.00. The van der Waals surface area contributed by atoms with Crippen LogP contribution in [0.4, 0.5) is 0 Å². The first-order valence-corrected chi connectivity index (χ1v) is 12.1. The lowest BCUT2D eigenvalue weighted by Crippen LogP contribution is -2.53. The molecule has 1 aliphatic heterocycles. The van der Waals surface area contributed by atoms with Crippen molar-refractivity contribution in [3.63, 3.8) is 0 Å². The molecular weight excluding hydrogens is 424 g/mol. The summed E-state index contributed by atoms with van der Waals surface area (Å²) in [6, 6.07) is 17.8. The third-order valence-corrected chi connectivity index (χ3v) is 6.94. The molecule has 2 N–H and O–H groups in total. The summed E-state index contributed by atoms with van der Waals surface area (Å²) in [6.07, 6.45) is 2.85. The smallest absolute Gasteiger partial charge is 0.305 e. The summed E-state index contributed by atoms with van der Waals surface area (Å²) in [4.78, 5) is 37.1. The first-order valence-electron chi connectivity index (χ1n) is 11.1. The van der Waals surface area contributed by atoms with Crippen molar-refractivity contribution in [2.75, 3.05) is 12.4 Å². The highest BCUT2D eigenvalue weighted by Crippen LogP contribution is 2.32. The Morgan fingerprint density at radius 1 is 0.906 bits per heavy atom. The van der Waals surface area contributed by atoms with Gasteiger partial charge in [0.15, 0.2) is 0 Å². The van der Waals surface area contributed by atoms with E-state index in [1.54, 1.807) is 43.0 Å². The Morgan fingerprint density at radius 2 is 1.50 bits per heavy atom. The van der Waals surface area contributed by atoms with E-state index in [1.807, 2.05) is 36.4 Å². The Labute approximate surface area is 193 Å². The SMILES string of the molecule is CCOC(=O)CCCC[C@@H]1SC[C@@H](NC(=O)c2ccccc2)[C@@H]1NC(=O)c1ccccc1. The minimum Gasteiger partial charge on any atom is -0.466 e. The molecule has 1 aliphatic rings. The molecule has 2 aromatic rings. The van der Waals surface area contributed by atoms with E-state index in [9.17, 15) is 14.4 Å². The zero-order valence-electron chi connectivity index (χ0n) is 18.3. The molecule has 2 aromatic carbocycles. The Balaban J connectivity index is 1.63. The molecule has 1 fully saturated rings. The van der Waals surface area contributed by atoms with E-state index in [0.717, 1.165) is 25.0 Å². The molecule has 32 heavy (non-hydrogen) atoms. The highest BCUT2D eigenvalue weighted by molar-refractivity contribution is 8.00. The van der Waals surface area contributed by atoms with Crippen LogP contribution in [-0.2, 0) is 9.53 Å². The Kier molecular flexibility index (Phi) is 9.16. The molecule has 0 bridgehead atoms. The van der Waals surface area contributed by atoms with Gasteiger partial charge in [0.2, 0.25) is 0 Å². The zero-order valence-corrected chi connectivity index (χ0v) is 19.1. The van der Waals surface area contributed by atoms with Crippen LogP contribution in [0.3, 0.4) is 0 Å². The second-order valence-electron chi connectivity index (χ2n) is 7.73. The van der Waals surface area contributed by atoms with Gasteiger partial charge in [-0.3, -0.25) is 14.4 Å². The standard InChI is InChI=1S/C25H30N2O4S/c1-2-31-22(28)16-10-9-15-21-23(27-25(30)19-13-7-4-8-14-19)20(17-32-21)26-24(29)18-11-5-3-6-12-18/h3-8,11-14,20-21,23H,2,9-10,15-17H2,1H3,(H,26,29)(H,27,30)/t20-,21+,23+/m1/s1. The van der Waals surface area contributed by atoms with Gasteiger partial charge in [0, 0.05) is 28.6 Å². The molecule has 1 heterocycles. The van der Waals surface area contributed by atoms with E-state index in [2.05, 4.69) is 10.6 Å². The minimum atomic E-state index is -0.192. The number of hydrogen-bond donors (Lipinski definition) is 2. The molecule has 3 rings (SSSR count). The van der Waals surface area contributed by atoms with Crippen LogP contribution >= 0.6 is 11.8 Å². The van der Waals surface area contributed by atoms with Crippen LogP contribution in [0.15, 0.2) is 60.7 Å². The van der Waals surface area contributed by atoms with Crippen molar-refractivity contribution >= 4 is 29.5 Å². The summed E-state index contributed by atoms with van der Waals surface area (Å²) >= 11 is 1.76. The molecule has 170 valence electrons. The molecule has 7 heteroatoms. The second kappa shape index (κ2) is 12.3. The maximum absolute atomic E-state index is 12.8. The van der Waals surface area contributed by atoms with Crippen molar-refractivity contribution in [2.24, 2.45) is 0 Å². The number of thioether (sulfide) groups is 1. The van der Waals surface area contributed by atoms with Crippen LogP contribution in [0.5, 0.6) is 0 Å². The molecule has 1 saturated heterocycles. The van der Waals surface area contributed by atoms with E-state index in [4.69, 9.17) is 4.74 Å². The van der Waals surface area contributed by atoms with Gasteiger partial charge in [-0.2, -0.15) is 11.8 Å². The van der Waals surface area contributed by atoms with Gasteiger partial charge in [-0.05, 0) is 44.0 Å². The van der Waals surface area contributed by atoms with E-state index in [-0.39, 0.29) is 35.1 Å². The van der Waals surface area contributed by atoms with Crippen molar-refractivity contribution in [1.29, 1.82) is 0 Å². The van der Waals surface area contributed by atoms with Crippen LogP contribution in [-0.4, -0.2) is 47.5 Å². The van der Waals surface area contributed by atoms with E-state index in [1.165, 1.54) is 0 Å². The fraction of sp³-hybridized carbons (Fsp3) is 0.400. The molecule has 2 amide bonds. The number of unbranched alkanes of at least 4 members (excludes halogenated alkanes) is 1. The maximum atomic E-state index is 12.8. The molecule has 0 unspecified atom stereocenters. The summed E-state index contributed by atoms with van der Waals surface area (Å²) in [6.45, 7) is 2.20. The van der Waals surface area contributed by atoms with Crippen molar-refractivity contribution in [3.8, 4) is 0 Å². The fourth-order valence-corrected chi connectivity index (χ4v) is 5.34. The van der Waals surface area contributed by atoms with Gasteiger partial charge < -0.3 is 15.4 Å². The van der Waals surface area contributed by atoms with Crippen molar-refractivity contribution < 1.29 is 19.1 Å². The number of esters is 1. The predicted octanol–water partition coefficient (Wildman–Crippen LogP) is 3.82. The maximum Gasteiger partial charge on any atom is 0.305 e. The summed E-state index contributed by atoms with van der Waals surface area (Å²) in [5.74, 6) is 0.265. The van der Waals surface area contributed by atoms with E-state index in [0.29, 0.717) is 24.2 Å². The van der Waals surface area contributed by atoms with Gasteiger partial charge in [-0.15, -0.1) is 0 Å². The molecular formula is C25H30N2O4S. The molecule has 3 atom stereocenters. The minimum absolute atomic E-state index is 0.141. The number of nitrogens with one attached hydrogen (secondary N) is 2. The van der Waals surface area contributed by atoms with Crippen molar-refractivity contribution in [2.45, 2.75) is 49.9 Å². The van der Waals surface area contributed by atoms with Gasteiger partial charge >= 0.3 is 5.97 Å². The predicted molar refractivity (Wildman–Crippen MR) is 127 cm³/mol. The van der Waals surface area contributed by atoms with Gasteiger partial charge in [-0.25, -0.2) is 0 Å². The van der Waals surface area contributed by atoms with Crippen LogP contribution in [0, 0.1) is 0 Å². The molecule has 6 nitrogen and oxygen atoms in total. The summed E-state index contributed by atoms with van der Waals surface area (Å²) in [5, 5.41) is 6.42. The Hall–Kier alpha value is -2.80. The largest absolute Gasteiger partial charge is 0.466 e. The zero-order chi connectivity index (χ0) is 22.8. The highest BCUT2D eigenvalue weighted by atomic mass is 32.2. The van der Waals surface area contributed by atoms with Crippen LogP contribution in [0.2, 0.25) is 0 Å². The van der Waals surface area contributed by atoms with Crippen LogP contribution in [0.25, 0.3) is 0 Å². The van der Waals surface area contributed by atoms with Crippen molar-refractivity contribution in [1.82, 2.24) is 10.6 Å². The lowest BCUT2D eigenvalue weighted by Gasteiger charge is -2.26. The fourth-order valence-electron chi connectivity index (χ4n) is 3.80. The Bertz CT molecular complexity index is 891. The second-order valence-corrected chi connectivity index (χ2v) is 9.01. The first kappa shape index (κ1) is 23.9. The lowest BCUT2D eigenvalue weighted by molar-refractivity contribution is -0.143. The van der Waals surface area contributed by atoms with Gasteiger partial charge in [0.25, 0.3) is 11.8 Å². The van der Waals surface area contributed by atoms with E-state index < -0.39 is 0 Å². The number of amides is 2. The normalized spacial score (nSPS) is 19.8. The average Bonchev–Trinajstić information content (AvgIpc) is 3.19. The summed E-state index contributed by atoms with van der Waals surface area (Å²) in [7, 11) is 0. The number of carbonyl (C=O) groups is 3. The highest BCUT2D eigenvalue weighted by Gasteiger charge is 2.38. The van der Waals surface area contributed by atoms with Crippen LogP contribution in [0.1, 0.15) is 53.3 Å². The number of carbonyl (C=O) groups excluding carboxylic acids is 3. The number of ether oxygens (including phenoxy) is 1. The molecule has 0 saturated carbocycles. The number of hydrogen-bond acceptors (Lipinski definition) is 5.